The number of amides is 1. The molecule has 0 saturated carbocycles. The Hall–Kier alpha value is -1.30. The van der Waals surface area contributed by atoms with E-state index in [2.05, 4.69) is 12.2 Å². The molecule has 1 fully saturated rings. The van der Waals surface area contributed by atoms with E-state index in [9.17, 15) is 9.00 Å². The van der Waals surface area contributed by atoms with E-state index >= 15 is 0 Å². The first kappa shape index (κ1) is 14.1. The lowest BCUT2D eigenvalue weighted by atomic mass is 10.1. The quantitative estimate of drug-likeness (QED) is 0.869. The van der Waals surface area contributed by atoms with Crippen molar-refractivity contribution in [1.29, 1.82) is 0 Å². The van der Waals surface area contributed by atoms with Crippen molar-refractivity contribution in [2.24, 2.45) is 0 Å². The zero-order valence-electron chi connectivity index (χ0n) is 11.2. The first-order valence-electron chi connectivity index (χ1n) is 6.71. The first-order valence-corrected chi connectivity index (χ1v) is 8.20. The van der Waals surface area contributed by atoms with E-state index in [1.807, 2.05) is 4.57 Å². The van der Waals surface area contributed by atoms with Gasteiger partial charge in [0.25, 0.3) is 5.91 Å². The Labute approximate surface area is 116 Å². The summed E-state index contributed by atoms with van der Waals surface area (Å²) in [5.41, 5.74) is 6.99. The summed E-state index contributed by atoms with van der Waals surface area (Å²) in [4.78, 5) is 12.2. The molecule has 2 heterocycles. The van der Waals surface area contributed by atoms with Gasteiger partial charge in [-0.05, 0) is 25.3 Å². The average Bonchev–Trinajstić information content (AvgIpc) is 2.74. The minimum atomic E-state index is -0.700. The van der Waals surface area contributed by atoms with Gasteiger partial charge in [0, 0.05) is 41.1 Å². The van der Waals surface area contributed by atoms with Crippen LogP contribution in [0.3, 0.4) is 0 Å². The van der Waals surface area contributed by atoms with Gasteiger partial charge in [-0.3, -0.25) is 9.00 Å². The van der Waals surface area contributed by atoms with Gasteiger partial charge in [-0.15, -0.1) is 0 Å². The van der Waals surface area contributed by atoms with Crippen LogP contribution in [0.4, 0.5) is 5.69 Å². The van der Waals surface area contributed by atoms with Gasteiger partial charge in [0.1, 0.15) is 5.69 Å². The Kier molecular flexibility index (Phi) is 4.63. The molecule has 0 bridgehead atoms. The summed E-state index contributed by atoms with van der Waals surface area (Å²) in [6.45, 7) is 2.85. The summed E-state index contributed by atoms with van der Waals surface area (Å²) in [6, 6.07) is 1.85. The fourth-order valence-electron chi connectivity index (χ4n) is 2.35. The van der Waals surface area contributed by atoms with Crippen LogP contribution in [0, 0.1) is 0 Å². The number of aromatic nitrogens is 1. The van der Waals surface area contributed by atoms with Crippen LogP contribution in [0.2, 0.25) is 0 Å². The van der Waals surface area contributed by atoms with Crippen LogP contribution >= 0.6 is 0 Å². The molecule has 1 aromatic heterocycles. The van der Waals surface area contributed by atoms with E-state index in [1.54, 1.807) is 12.3 Å². The highest BCUT2D eigenvalue weighted by molar-refractivity contribution is 7.85. The highest BCUT2D eigenvalue weighted by Crippen LogP contribution is 2.14. The Morgan fingerprint density at radius 3 is 2.84 bits per heavy atom. The van der Waals surface area contributed by atoms with Crippen molar-refractivity contribution in [3.63, 3.8) is 0 Å². The number of nitrogen functional groups attached to an aromatic ring is 1. The molecule has 5 nitrogen and oxygen atoms in total. The van der Waals surface area contributed by atoms with Gasteiger partial charge in [0.2, 0.25) is 0 Å². The van der Waals surface area contributed by atoms with Crippen LogP contribution in [-0.2, 0) is 17.3 Å². The maximum absolute atomic E-state index is 12.2. The summed E-state index contributed by atoms with van der Waals surface area (Å²) in [5.74, 6) is 1.29. The lowest BCUT2D eigenvalue weighted by Gasteiger charge is -2.22. The van der Waals surface area contributed by atoms with Gasteiger partial charge in [-0.25, -0.2) is 0 Å². The molecule has 19 heavy (non-hydrogen) atoms. The number of carbonyl (C=O) groups is 1. The normalized spacial score (nSPS) is 23.2. The second-order valence-corrected chi connectivity index (χ2v) is 6.64. The molecule has 1 aliphatic heterocycles. The van der Waals surface area contributed by atoms with Crippen molar-refractivity contribution < 1.29 is 9.00 Å². The van der Waals surface area contributed by atoms with Crippen molar-refractivity contribution in [2.45, 2.75) is 38.8 Å². The third-order valence-corrected chi connectivity index (χ3v) is 4.72. The monoisotopic (exact) mass is 283 g/mol. The molecular formula is C13H21N3O2S. The van der Waals surface area contributed by atoms with Crippen molar-refractivity contribution in [3.05, 3.63) is 18.0 Å². The zero-order valence-corrected chi connectivity index (χ0v) is 12.0. The van der Waals surface area contributed by atoms with Gasteiger partial charge < -0.3 is 15.6 Å². The van der Waals surface area contributed by atoms with Gasteiger partial charge in [0.15, 0.2) is 0 Å². The topological polar surface area (TPSA) is 77.1 Å². The van der Waals surface area contributed by atoms with Crippen molar-refractivity contribution >= 4 is 22.4 Å². The molecule has 1 saturated heterocycles. The third kappa shape index (κ3) is 3.59. The van der Waals surface area contributed by atoms with Gasteiger partial charge in [-0.1, -0.05) is 6.92 Å². The van der Waals surface area contributed by atoms with Gasteiger partial charge in [0.05, 0.1) is 5.69 Å². The van der Waals surface area contributed by atoms with Crippen molar-refractivity contribution in [2.75, 3.05) is 17.2 Å². The van der Waals surface area contributed by atoms with Crippen LogP contribution in [0.25, 0.3) is 0 Å². The fraction of sp³-hybridized carbons (Fsp3) is 0.615. The van der Waals surface area contributed by atoms with E-state index in [0.29, 0.717) is 22.9 Å². The molecule has 0 aromatic carbocycles. The number of hydrogen-bond donors (Lipinski definition) is 2. The number of nitrogens with one attached hydrogen (secondary N) is 1. The molecule has 106 valence electrons. The Balaban J connectivity index is 2.01. The lowest BCUT2D eigenvalue weighted by molar-refractivity contribution is 0.0925. The third-order valence-electron chi connectivity index (χ3n) is 3.34. The van der Waals surface area contributed by atoms with Crippen LogP contribution < -0.4 is 11.1 Å². The minimum Gasteiger partial charge on any atom is -0.397 e. The summed E-state index contributed by atoms with van der Waals surface area (Å²) < 4.78 is 13.2. The van der Waals surface area contributed by atoms with E-state index in [-0.39, 0.29) is 11.9 Å². The van der Waals surface area contributed by atoms with Crippen molar-refractivity contribution in [3.8, 4) is 0 Å². The molecule has 1 aliphatic rings. The Morgan fingerprint density at radius 2 is 2.21 bits per heavy atom. The van der Waals surface area contributed by atoms with Gasteiger partial charge in [-0.2, -0.15) is 0 Å². The number of rotatable bonds is 4. The lowest BCUT2D eigenvalue weighted by Crippen LogP contribution is -2.40. The zero-order chi connectivity index (χ0) is 13.8. The molecule has 1 amide bonds. The molecule has 2 rings (SSSR count). The molecular weight excluding hydrogens is 262 g/mol. The summed E-state index contributed by atoms with van der Waals surface area (Å²) in [7, 11) is -0.700. The smallest absolute Gasteiger partial charge is 0.268 e. The SMILES string of the molecule is CCCn1cc(N)cc1C(=O)NC1CCS(=O)CC1. The molecule has 0 spiro atoms. The Morgan fingerprint density at radius 1 is 1.53 bits per heavy atom. The second-order valence-electron chi connectivity index (χ2n) is 4.95. The predicted molar refractivity (Wildman–Crippen MR) is 77.5 cm³/mol. The molecule has 0 atom stereocenters. The maximum Gasteiger partial charge on any atom is 0.268 e. The average molecular weight is 283 g/mol. The number of hydrogen-bond acceptors (Lipinski definition) is 3. The van der Waals surface area contributed by atoms with E-state index in [0.717, 1.165) is 25.8 Å². The summed E-state index contributed by atoms with van der Waals surface area (Å²) >= 11 is 0. The summed E-state index contributed by atoms with van der Waals surface area (Å²) in [6.07, 6.45) is 4.34. The highest BCUT2D eigenvalue weighted by Gasteiger charge is 2.21. The molecule has 6 heteroatoms. The molecule has 1 aromatic rings. The van der Waals surface area contributed by atoms with E-state index in [4.69, 9.17) is 5.73 Å². The number of nitrogens with zero attached hydrogens (tertiary/aromatic N) is 1. The maximum atomic E-state index is 12.2. The number of anilines is 1. The minimum absolute atomic E-state index is 0.0807. The van der Waals surface area contributed by atoms with E-state index in [1.165, 1.54) is 0 Å². The largest absolute Gasteiger partial charge is 0.397 e. The van der Waals surface area contributed by atoms with Crippen LogP contribution in [0.15, 0.2) is 12.3 Å². The van der Waals surface area contributed by atoms with Gasteiger partial charge >= 0.3 is 0 Å². The number of aryl methyl sites for hydroxylation is 1. The fourth-order valence-corrected chi connectivity index (χ4v) is 3.65. The van der Waals surface area contributed by atoms with Crippen LogP contribution in [0.1, 0.15) is 36.7 Å². The predicted octanol–water partition coefficient (Wildman–Crippen LogP) is 1.12. The van der Waals surface area contributed by atoms with E-state index < -0.39 is 10.8 Å². The second kappa shape index (κ2) is 6.23. The number of nitrogens with two attached hydrogens (primary N) is 1. The molecule has 0 unspecified atom stereocenters. The van der Waals surface area contributed by atoms with Crippen LogP contribution in [-0.4, -0.2) is 32.2 Å². The first-order chi connectivity index (χ1) is 9.10. The molecule has 3 N–H and O–H groups in total. The molecule has 0 aliphatic carbocycles. The highest BCUT2D eigenvalue weighted by atomic mass is 32.2. The number of carbonyl (C=O) groups excluding carboxylic acids is 1. The Bertz CT molecular complexity index is 474. The standard InChI is InChI=1S/C13H21N3O2S/c1-2-5-16-9-10(14)8-12(16)13(17)15-11-3-6-19(18)7-4-11/h8-9,11H,2-7,14H2,1H3,(H,15,17). The van der Waals surface area contributed by atoms with Crippen LogP contribution in [0.5, 0.6) is 0 Å². The molecule has 0 radical (unpaired) electrons. The van der Waals surface area contributed by atoms with Crippen molar-refractivity contribution in [1.82, 2.24) is 9.88 Å². The summed E-state index contributed by atoms with van der Waals surface area (Å²) in [5, 5.41) is 3.02.